The standard InChI is InChI=1S/C23H25N3O2/c1-15-11-16(2)21-18(12-15)13-19(22(27)25-21)14-26(20-5-3-4-6-20)23(28)17-7-9-24-10-8-17/h7-13,20H,3-6,14H2,1-2H3,(H,25,27). The van der Waals surface area contributed by atoms with Crippen LogP contribution in [0.25, 0.3) is 10.9 Å². The van der Waals surface area contributed by atoms with Crippen LogP contribution in [0.2, 0.25) is 0 Å². The second-order valence-electron chi connectivity index (χ2n) is 7.78. The third-order valence-corrected chi connectivity index (χ3v) is 5.66. The van der Waals surface area contributed by atoms with Crippen LogP contribution in [-0.2, 0) is 6.54 Å². The highest BCUT2D eigenvalue weighted by molar-refractivity contribution is 5.94. The minimum Gasteiger partial charge on any atom is -0.331 e. The highest BCUT2D eigenvalue weighted by Gasteiger charge is 2.28. The van der Waals surface area contributed by atoms with E-state index in [0.717, 1.165) is 47.7 Å². The molecule has 28 heavy (non-hydrogen) atoms. The number of nitrogens with zero attached hydrogens (tertiary/aromatic N) is 2. The fourth-order valence-corrected chi connectivity index (χ4v) is 4.28. The molecule has 0 radical (unpaired) electrons. The number of aryl methyl sites for hydroxylation is 2. The lowest BCUT2D eigenvalue weighted by Gasteiger charge is -2.29. The minimum atomic E-state index is -0.120. The normalized spacial score (nSPS) is 14.5. The first-order valence-electron chi connectivity index (χ1n) is 9.87. The van der Waals surface area contributed by atoms with Crippen molar-refractivity contribution >= 4 is 16.8 Å². The predicted octanol–water partition coefficient (Wildman–Crippen LogP) is 4.12. The first-order chi connectivity index (χ1) is 13.5. The number of aromatic nitrogens is 2. The fourth-order valence-electron chi connectivity index (χ4n) is 4.28. The molecule has 1 amide bonds. The van der Waals surface area contributed by atoms with E-state index >= 15 is 0 Å². The summed E-state index contributed by atoms with van der Waals surface area (Å²) in [6.45, 7) is 4.38. The van der Waals surface area contributed by atoms with Crippen molar-refractivity contribution in [2.24, 2.45) is 0 Å². The van der Waals surface area contributed by atoms with Crippen molar-refractivity contribution in [3.8, 4) is 0 Å². The van der Waals surface area contributed by atoms with Gasteiger partial charge in [-0.15, -0.1) is 0 Å². The van der Waals surface area contributed by atoms with E-state index in [-0.39, 0.29) is 17.5 Å². The zero-order valence-corrected chi connectivity index (χ0v) is 16.4. The van der Waals surface area contributed by atoms with Crippen LogP contribution in [0.15, 0.2) is 47.5 Å². The molecule has 2 heterocycles. The van der Waals surface area contributed by atoms with Gasteiger partial charge < -0.3 is 9.88 Å². The molecule has 1 aliphatic rings. The van der Waals surface area contributed by atoms with Crippen LogP contribution in [0.1, 0.15) is 52.7 Å². The monoisotopic (exact) mass is 375 g/mol. The summed E-state index contributed by atoms with van der Waals surface area (Å²) in [5.41, 5.74) is 4.21. The zero-order valence-electron chi connectivity index (χ0n) is 16.4. The van der Waals surface area contributed by atoms with Crippen LogP contribution in [0.4, 0.5) is 0 Å². The summed E-state index contributed by atoms with van der Waals surface area (Å²) in [6.07, 6.45) is 7.48. The molecule has 0 saturated heterocycles. The average molecular weight is 375 g/mol. The SMILES string of the molecule is Cc1cc(C)c2[nH]c(=O)c(CN(C(=O)c3ccncc3)C3CCCC3)cc2c1. The number of hydrogen-bond donors (Lipinski definition) is 1. The lowest BCUT2D eigenvalue weighted by atomic mass is 10.0. The maximum absolute atomic E-state index is 13.2. The van der Waals surface area contributed by atoms with E-state index in [4.69, 9.17) is 0 Å². The second-order valence-corrected chi connectivity index (χ2v) is 7.78. The number of rotatable bonds is 4. The Morgan fingerprint density at radius 3 is 2.57 bits per heavy atom. The van der Waals surface area contributed by atoms with E-state index in [1.54, 1.807) is 24.5 Å². The first-order valence-corrected chi connectivity index (χ1v) is 9.87. The van der Waals surface area contributed by atoms with E-state index < -0.39 is 0 Å². The third kappa shape index (κ3) is 3.57. The van der Waals surface area contributed by atoms with Crippen LogP contribution < -0.4 is 5.56 Å². The van der Waals surface area contributed by atoms with Gasteiger partial charge in [-0.2, -0.15) is 0 Å². The molecule has 1 saturated carbocycles. The summed E-state index contributed by atoms with van der Waals surface area (Å²) in [4.78, 5) is 34.9. The first kappa shape index (κ1) is 18.4. The number of carbonyl (C=O) groups excluding carboxylic acids is 1. The molecule has 0 spiro atoms. The largest absolute Gasteiger partial charge is 0.331 e. The molecule has 0 unspecified atom stereocenters. The quantitative estimate of drug-likeness (QED) is 0.746. The number of benzene rings is 1. The number of carbonyl (C=O) groups is 1. The summed E-state index contributed by atoms with van der Waals surface area (Å²) in [7, 11) is 0. The Labute approximate surface area is 164 Å². The molecule has 4 rings (SSSR count). The van der Waals surface area contributed by atoms with Gasteiger partial charge in [-0.1, -0.05) is 24.5 Å². The Hall–Kier alpha value is -2.95. The Morgan fingerprint density at radius 2 is 1.86 bits per heavy atom. The van der Waals surface area contributed by atoms with E-state index in [0.29, 0.717) is 17.7 Å². The number of pyridine rings is 2. The van der Waals surface area contributed by atoms with Crippen molar-refractivity contribution in [3.63, 3.8) is 0 Å². The van der Waals surface area contributed by atoms with Gasteiger partial charge in [0.25, 0.3) is 11.5 Å². The van der Waals surface area contributed by atoms with Gasteiger partial charge in [-0.3, -0.25) is 14.6 Å². The molecule has 5 nitrogen and oxygen atoms in total. The minimum absolute atomic E-state index is 0.0331. The van der Waals surface area contributed by atoms with E-state index in [9.17, 15) is 9.59 Å². The number of hydrogen-bond acceptors (Lipinski definition) is 3. The fraction of sp³-hybridized carbons (Fsp3) is 0.348. The maximum atomic E-state index is 13.2. The van der Waals surface area contributed by atoms with Crippen molar-refractivity contribution in [1.82, 2.24) is 14.9 Å². The molecule has 144 valence electrons. The second kappa shape index (κ2) is 7.58. The topological polar surface area (TPSA) is 66.1 Å². The van der Waals surface area contributed by atoms with Gasteiger partial charge in [-0.25, -0.2) is 0 Å². The number of H-pyrrole nitrogens is 1. The molecule has 3 aromatic rings. The van der Waals surface area contributed by atoms with Crippen LogP contribution >= 0.6 is 0 Å². The molecular weight excluding hydrogens is 350 g/mol. The molecule has 0 bridgehead atoms. The smallest absolute Gasteiger partial charge is 0.254 e. The Bertz CT molecular complexity index is 1070. The predicted molar refractivity (Wildman–Crippen MR) is 110 cm³/mol. The summed E-state index contributed by atoms with van der Waals surface area (Å²) < 4.78 is 0. The van der Waals surface area contributed by atoms with Gasteiger partial charge in [0, 0.05) is 29.6 Å². The molecule has 5 heteroatoms. The van der Waals surface area contributed by atoms with Crippen molar-refractivity contribution in [2.75, 3.05) is 0 Å². The Balaban J connectivity index is 1.73. The van der Waals surface area contributed by atoms with E-state index in [1.165, 1.54) is 0 Å². The van der Waals surface area contributed by atoms with Gasteiger partial charge >= 0.3 is 0 Å². The number of nitrogens with one attached hydrogen (secondary N) is 1. The number of fused-ring (bicyclic) bond motifs is 1. The van der Waals surface area contributed by atoms with Crippen LogP contribution in [0.3, 0.4) is 0 Å². The zero-order chi connectivity index (χ0) is 19.7. The molecule has 1 aliphatic carbocycles. The van der Waals surface area contributed by atoms with Crippen molar-refractivity contribution in [2.45, 2.75) is 52.1 Å². The third-order valence-electron chi connectivity index (χ3n) is 5.66. The summed E-state index contributed by atoms with van der Waals surface area (Å²) in [5, 5.41) is 1.01. The van der Waals surface area contributed by atoms with Crippen molar-refractivity contribution < 1.29 is 4.79 Å². The van der Waals surface area contributed by atoms with Gasteiger partial charge in [0.05, 0.1) is 12.1 Å². The van der Waals surface area contributed by atoms with Crippen molar-refractivity contribution in [1.29, 1.82) is 0 Å². The molecule has 2 aromatic heterocycles. The Kier molecular flexibility index (Phi) is 4.99. The van der Waals surface area contributed by atoms with E-state index in [1.807, 2.05) is 17.9 Å². The van der Waals surface area contributed by atoms with Crippen molar-refractivity contribution in [3.05, 3.63) is 75.3 Å². The van der Waals surface area contributed by atoms with Gasteiger partial charge in [0.15, 0.2) is 0 Å². The molecule has 1 aromatic carbocycles. The summed E-state index contributed by atoms with van der Waals surface area (Å²) in [6, 6.07) is 9.73. The van der Waals surface area contributed by atoms with Gasteiger partial charge in [0.2, 0.25) is 0 Å². The number of amides is 1. The molecule has 0 aliphatic heterocycles. The highest BCUT2D eigenvalue weighted by Crippen LogP contribution is 2.27. The summed E-state index contributed by atoms with van der Waals surface area (Å²) in [5.74, 6) is -0.0331. The van der Waals surface area contributed by atoms with Gasteiger partial charge in [0.1, 0.15) is 0 Å². The van der Waals surface area contributed by atoms with E-state index in [2.05, 4.69) is 29.0 Å². The average Bonchev–Trinajstić information content (AvgIpc) is 3.21. The Morgan fingerprint density at radius 1 is 1.14 bits per heavy atom. The molecular formula is C23H25N3O2. The van der Waals surface area contributed by atoms with Crippen LogP contribution in [0, 0.1) is 13.8 Å². The highest BCUT2D eigenvalue weighted by atomic mass is 16.2. The van der Waals surface area contributed by atoms with Crippen LogP contribution in [-0.4, -0.2) is 26.8 Å². The van der Waals surface area contributed by atoms with Crippen LogP contribution in [0.5, 0.6) is 0 Å². The lowest BCUT2D eigenvalue weighted by molar-refractivity contribution is 0.0663. The molecule has 0 atom stereocenters. The molecule has 1 fully saturated rings. The number of aromatic amines is 1. The summed E-state index contributed by atoms with van der Waals surface area (Å²) >= 11 is 0. The lowest BCUT2D eigenvalue weighted by Crippen LogP contribution is -2.39. The van der Waals surface area contributed by atoms with Gasteiger partial charge in [-0.05, 0) is 61.9 Å². The molecule has 1 N–H and O–H groups in total. The maximum Gasteiger partial charge on any atom is 0.254 e.